The molecule has 0 saturated carbocycles. The lowest BCUT2D eigenvalue weighted by Crippen LogP contribution is -2.58. The molecule has 0 aromatic carbocycles. The van der Waals surface area contributed by atoms with Gasteiger partial charge in [-0.15, -0.1) is 0 Å². The lowest BCUT2D eigenvalue weighted by Gasteiger charge is -2.30. The monoisotopic (exact) mass is 381 g/mol. The highest BCUT2D eigenvalue weighted by Crippen LogP contribution is 2.49. The summed E-state index contributed by atoms with van der Waals surface area (Å²) in [7, 11) is 0. The Morgan fingerprint density at radius 3 is 1.27 bits per heavy atom. The summed E-state index contributed by atoms with van der Waals surface area (Å²) in [5.41, 5.74) is 0. The Morgan fingerprint density at radius 2 is 1.05 bits per heavy atom. The van der Waals surface area contributed by atoms with E-state index >= 15 is 0 Å². The standard InChI is InChI=1S/C6H2F12O.C2H6S/c7-1(19-2(8)4(11,12)13)3(9,10)5(14,15)6(16,17)18;1-3-2/h1-2H;1-2H3/p+1. The lowest BCUT2D eigenvalue weighted by molar-refractivity contribution is -0.403. The van der Waals surface area contributed by atoms with Crippen molar-refractivity contribution in [2.75, 3.05) is 12.5 Å². The molecule has 2 unspecified atom stereocenters. The average molecular weight is 381 g/mol. The number of thiol groups is 1. The number of hydrogen-bond acceptors (Lipinski definition) is 1. The molecule has 0 aliphatic carbocycles. The van der Waals surface area contributed by atoms with Crippen molar-refractivity contribution in [1.82, 2.24) is 0 Å². The highest BCUT2D eigenvalue weighted by molar-refractivity contribution is 7.76. The summed E-state index contributed by atoms with van der Waals surface area (Å²) in [6.45, 7) is 0. The van der Waals surface area contributed by atoms with Crippen LogP contribution in [-0.2, 0) is 16.5 Å². The molecule has 14 heteroatoms. The third kappa shape index (κ3) is 5.93. The molecular formula is C8H9F12OS+. The van der Waals surface area contributed by atoms with Gasteiger partial charge in [0.15, 0.2) is 0 Å². The minimum Gasteiger partial charge on any atom is -0.301 e. The molecular weight excluding hydrogens is 372 g/mol. The predicted octanol–water partition coefficient (Wildman–Crippen LogP) is 4.05. The van der Waals surface area contributed by atoms with Crippen molar-refractivity contribution in [3.8, 4) is 0 Å². The van der Waals surface area contributed by atoms with E-state index in [1.54, 1.807) is 0 Å². The van der Waals surface area contributed by atoms with Gasteiger partial charge in [-0.3, -0.25) is 0 Å². The van der Waals surface area contributed by atoms with E-state index in [2.05, 4.69) is 17.2 Å². The first kappa shape index (κ1) is 23.7. The molecule has 0 aromatic heterocycles. The quantitative estimate of drug-likeness (QED) is 0.406. The van der Waals surface area contributed by atoms with Crippen LogP contribution >= 0.6 is 0 Å². The number of halogens is 12. The van der Waals surface area contributed by atoms with Gasteiger partial charge in [-0.2, -0.15) is 43.9 Å². The molecule has 0 bridgehead atoms. The van der Waals surface area contributed by atoms with Gasteiger partial charge in [0.05, 0.1) is 12.5 Å². The fourth-order valence-corrected chi connectivity index (χ4v) is 0.599. The molecule has 0 radical (unpaired) electrons. The predicted molar refractivity (Wildman–Crippen MR) is 53.5 cm³/mol. The molecule has 136 valence electrons. The van der Waals surface area contributed by atoms with E-state index in [9.17, 15) is 52.7 Å². The third-order valence-electron chi connectivity index (χ3n) is 1.56. The molecule has 1 nitrogen and oxygen atoms in total. The Morgan fingerprint density at radius 1 is 0.727 bits per heavy atom. The third-order valence-corrected chi connectivity index (χ3v) is 1.56. The average Bonchev–Trinajstić information content (AvgIpc) is 2.26. The first-order chi connectivity index (χ1) is 9.46. The van der Waals surface area contributed by atoms with Crippen LogP contribution < -0.4 is 0 Å². The largest absolute Gasteiger partial charge is 0.460 e. The number of ether oxygens (including phenoxy) is 1. The van der Waals surface area contributed by atoms with Crippen molar-refractivity contribution in [2.24, 2.45) is 0 Å². The van der Waals surface area contributed by atoms with Gasteiger partial charge in [0.25, 0.3) is 12.7 Å². The molecule has 0 rings (SSSR count). The van der Waals surface area contributed by atoms with Crippen LogP contribution in [0.3, 0.4) is 0 Å². The van der Waals surface area contributed by atoms with Crippen LogP contribution in [0.25, 0.3) is 0 Å². The second-order valence-electron chi connectivity index (χ2n) is 3.45. The van der Waals surface area contributed by atoms with E-state index in [0.29, 0.717) is 0 Å². The van der Waals surface area contributed by atoms with Gasteiger partial charge in [0.1, 0.15) is 0 Å². The maximum atomic E-state index is 12.3. The van der Waals surface area contributed by atoms with Gasteiger partial charge in [-0.1, -0.05) is 0 Å². The first-order valence-electron chi connectivity index (χ1n) is 4.77. The summed E-state index contributed by atoms with van der Waals surface area (Å²) in [4.78, 5) is 0. The summed E-state index contributed by atoms with van der Waals surface area (Å²) >= 11 is 1.42. The van der Waals surface area contributed by atoms with E-state index in [1.807, 2.05) is 0 Å². The normalized spacial score (nSPS) is 16.6. The van der Waals surface area contributed by atoms with Crippen LogP contribution in [0.4, 0.5) is 52.7 Å². The van der Waals surface area contributed by atoms with E-state index in [0.717, 1.165) is 0 Å². The SMILES string of the molecule is C[SH+]C.FC(OC(F)C(F)(F)C(F)(F)C(F)(F)F)C(F)(F)F. The molecule has 0 aliphatic rings. The van der Waals surface area contributed by atoms with Crippen LogP contribution in [0.5, 0.6) is 0 Å². The Balaban J connectivity index is 0. The Labute approximate surface area is 120 Å². The van der Waals surface area contributed by atoms with E-state index in [-0.39, 0.29) is 0 Å². The van der Waals surface area contributed by atoms with Crippen molar-refractivity contribution in [2.45, 2.75) is 36.9 Å². The van der Waals surface area contributed by atoms with Gasteiger partial charge in [0, 0.05) is 0 Å². The fraction of sp³-hybridized carbons (Fsp3) is 1.00. The summed E-state index contributed by atoms with van der Waals surface area (Å²) in [5.74, 6) is -13.8. The summed E-state index contributed by atoms with van der Waals surface area (Å²) < 4.78 is 144. The molecule has 0 aliphatic heterocycles. The Kier molecular flexibility index (Phi) is 8.45. The van der Waals surface area contributed by atoms with Crippen molar-refractivity contribution < 1.29 is 57.4 Å². The first-order valence-corrected chi connectivity index (χ1v) is 6.56. The summed E-state index contributed by atoms with van der Waals surface area (Å²) in [6.07, 6.45) is -18.8. The van der Waals surface area contributed by atoms with Gasteiger partial charge in [0.2, 0.25) is 0 Å². The number of rotatable bonds is 4. The zero-order valence-electron chi connectivity index (χ0n) is 10.5. The molecule has 22 heavy (non-hydrogen) atoms. The second-order valence-corrected chi connectivity index (χ2v) is 4.35. The maximum Gasteiger partial charge on any atom is 0.460 e. The molecule has 0 fully saturated rings. The summed E-state index contributed by atoms with van der Waals surface area (Å²) in [6, 6.07) is 0. The van der Waals surface area contributed by atoms with Crippen LogP contribution in [0.15, 0.2) is 0 Å². The van der Waals surface area contributed by atoms with E-state index < -0.39 is 36.9 Å². The molecule has 0 saturated heterocycles. The van der Waals surface area contributed by atoms with Crippen molar-refractivity contribution in [3.63, 3.8) is 0 Å². The summed E-state index contributed by atoms with van der Waals surface area (Å²) in [5, 5.41) is 0. The minimum absolute atomic E-state index is 1.42. The van der Waals surface area contributed by atoms with Crippen molar-refractivity contribution in [3.05, 3.63) is 0 Å². The van der Waals surface area contributed by atoms with Gasteiger partial charge in [-0.05, 0) is 11.8 Å². The van der Waals surface area contributed by atoms with Crippen LogP contribution in [0.2, 0.25) is 0 Å². The number of alkyl halides is 12. The van der Waals surface area contributed by atoms with Crippen LogP contribution in [0.1, 0.15) is 0 Å². The second kappa shape index (κ2) is 7.84. The van der Waals surface area contributed by atoms with Crippen LogP contribution in [-0.4, -0.2) is 49.4 Å². The highest BCUT2D eigenvalue weighted by atomic mass is 32.2. The smallest absolute Gasteiger partial charge is 0.301 e. The maximum absolute atomic E-state index is 12.3. The molecule has 0 heterocycles. The zero-order chi connectivity index (χ0) is 18.6. The van der Waals surface area contributed by atoms with E-state index in [4.69, 9.17) is 0 Å². The Bertz CT molecular complexity index is 324. The Hall–Kier alpha value is -0.530. The fourth-order valence-electron chi connectivity index (χ4n) is 0.599. The minimum atomic E-state index is -7.05. The molecule has 0 spiro atoms. The van der Waals surface area contributed by atoms with Crippen molar-refractivity contribution in [1.29, 1.82) is 0 Å². The molecule has 0 N–H and O–H groups in total. The molecule has 0 aromatic rings. The van der Waals surface area contributed by atoms with Gasteiger partial charge in [-0.25, -0.2) is 8.78 Å². The highest BCUT2D eigenvalue weighted by Gasteiger charge is 2.77. The molecule has 2 atom stereocenters. The number of hydrogen-bond donors (Lipinski definition) is 0. The van der Waals surface area contributed by atoms with Crippen molar-refractivity contribution >= 4 is 11.8 Å². The van der Waals surface area contributed by atoms with Crippen LogP contribution in [0, 0.1) is 0 Å². The topological polar surface area (TPSA) is 9.23 Å². The van der Waals surface area contributed by atoms with Gasteiger partial charge < -0.3 is 4.74 Å². The zero-order valence-corrected chi connectivity index (χ0v) is 11.4. The van der Waals surface area contributed by atoms with Gasteiger partial charge >= 0.3 is 24.2 Å². The molecule has 0 amide bonds. The lowest BCUT2D eigenvalue weighted by atomic mass is 10.1. The van der Waals surface area contributed by atoms with E-state index in [1.165, 1.54) is 11.8 Å².